The Morgan fingerprint density at radius 1 is 0.920 bits per heavy atom. The van der Waals surface area contributed by atoms with Gasteiger partial charge in [0.05, 0.1) is 6.54 Å². The zero-order valence-electron chi connectivity index (χ0n) is 16.9. The topological polar surface area (TPSA) is 35.8 Å². The van der Waals surface area contributed by atoms with E-state index in [-0.39, 0.29) is 0 Å². The fourth-order valence-corrected chi connectivity index (χ4v) is 3.50. The first-order valence-corrected chi connectivity index (χ1v) is 10.9. The normalized spacial score (nSPS) is 16.0. The molecule has 0 saturated heterocycles. The van der Waals surface area contributed by atoms with Crippen LogP contribution in [0.1, 0.15) is 104 Å². The van der Waals surface area contributed by atoms with Crippen LogP contribution < -0.4 is 0 Å². The molecule has 3 nitrogen and oxygen atoms in total. The van der Waals surface area contributed by atoms with Gasteiger partial charge in [0.25, 0.3) is 0 Å². The number of hydrogen-bond acceptors (Lipinski definition) is 3. The Labute approximate surface area is 156 Å². The van der Waals surface area contributed by atoms with Gasteiger partial charge in [-0.25, -0.2) is 0 Å². The first-order valence-electron chi connectivity index (χ1n) is 10.9. The first kappa shape index (κ1) is 22.2. The quantitative estimate of drug-likeness (QED) is 0.270. The maximum Gasteiger partial charge on any atom is 0.125 e. The Bertz CT molecular complexity index is 363. The highest BCUT2D eigenvalue weighted by Gasteiger charge is 2.18. The zero-order valence-corrected chi connectivity index (χ0v) is 16.9. The molecule has 1 aliphatic heterocycles. The molecule has 25 heavy (non-hydrogen) atoms. The van der Waals surface area contributed by atoms with Crippen LogP contribution in [0.2, 0.25) is 0 Å². The molecule has 0 saturated carbocycles. The van der Waals surface area contributed by atoms with E-state index in [4.69, 9.17) is 0 Å². The summed E-state index contributed by atoms with van der Waals surface area (Å²) in [6, 6.07) is 0. The highest BCUT2D eigenvalue weighted by molar-refractivity contribution is 5.85. The SMILES string of the molecule is CCCCCCCCCCCCCC/C=C/CC1=NCCN1C(C)O. The molecular weight excluding hydrogens is 308 g/mol. The fourth-order valence-electron chi connectivity index (χ4n) is 3.50. The van der Waals surface area contributed by atoms with E-state index >= 15 is 0 Å². The summed E-state index contributed by atoms with van der Waals surface area (Å²) in [5.41, 5.74) is 0. The van der Waals surface area contributed by atoms with Crippen LogP contribution in [0.15, 0.2) is 17.1 Å². The van der Waals surface area contributed by atoms with Crippen LogP contribution in [0.4, 0.5) is 0 Å². The van der Waals surface area contributed by atoms with Gasteiger partial charge in [0.1, 0.15) is 12.1 Å². The van der Waals surface area contributed by atoms with Crippen molar-refractivity contribution in [3.63, 3.8) is 0 Å². The van der Waals surface area contributed by atoms with Gasteiger partial charge in [-0.15, -0.1) is 0 Å². The predicted molar refractivity (Wildman–Crippen MR) is 110 cm³/mol. The highest BCUT2D eigenvalue weighted by atomic mass is 16.3. The van der Waals surface area contributed by atoms with E-state index in [1.54, 1.807) is 0 Å². The molecule has 3 heteroatoms. The minimum atomic E-state index is -0.411. The van der Waals surface area contributed by atoms with Crippen molar-refractivity contribution in [1.29, 1.82) is 0 Å². The number of allylic oxidation sites excluding steroid dienone is 1. The second-order valence-electron chi connectivity index (χ2n) is 7.48. The van der Waals surface area contributed by atoms with Gasteiger partial charge in [0, 0.05) is 13.0 Å². The monoisotopic (exact) mass is 350 g/mol. The summed E-state index contributed by atoms with van der Waals surface area (Å²) < 4.78 is 0. The van der Waals surface area contributed by atoms with Crippen molar-refractivity contribution < 1.29 is 5.11 Å². The molecule has 1 unspecified atom stereocenters. The average Bonchev–Trinajstić information content (AvgIpc) is 3.07. The smallest absolute Gasteiger partial charge is 0.125 e. The highest BCUT2D eigenvalue weighted by Crippen LogP contribution is 2.13. The molecule has 0 aromatic rings. The van der Waals surface area contributed by atoms with Crippen molar-refractivity contribution in [2.24, 2.45) is 4.99 Å². The van der Waals surface area contributed by atoms with Gasteiger partial charge in [-0.3, -0.25) is 4.99 Å². The van der Waals surface area contributed by atoms with E-state index in [0.29, 0.717) is 0 Å². The summed E-state index contributed by atoms with van der Waals surface area (Å²) in [4.78, 5) is 6.47. The number of nitrogens with zero attached hydrogens (tertiary/aromatic N) is 2. The minimum absolute atomic E-state index is 0.411. The third-order valence-electron chi connectivity index (χ3n) is 5.11. The number of hydrogen-bond donors (Lipinski definition) is 1. The van der Waals surface area contributed by atoms with Crippen LogP contribution in [0.25, 0.3) is 0 Å². The zero-order chi connectivity index (χ0) is 18.2. The van der Waals surface area contributed by atoms with Gasteiger partial charge in [-0.2, -0.15) is 0 Å². The lowest BCUT2D eigenvalue weighted by Crippen LogP contribution is -2.35. The molecule has 1 N–H and O–H groups in total. The second kappa shape index (κ2) is 15.4. The molecule has 0 aliphatic carbocycles. The molecule has 1 aliphatic rings. The lowest BCUT2D eigenvalue weighted by molar-refractivity contribution is 0.0771. The summed E-state index contributed by atoms with van der Waals surface area (Å²) in [5.74, 6) is 1.04. The summed E-state index contributed by atoms with van der Waals surface area (Å²) >= 11 is 0. The van der Waals surface area contributed by atoms with Crippen molar-refractivity contribution in [1.82, 2.24) is 4.90 Å². The Balaban J connectivity index is 1.84. The Morgan fingerprint density at radius 2 is 1.48 bits per heavy atom. The minimum Gasteiger partial charge on any atom is -0.374 e. The van der Waals surface area contributed by atoms with Crippen molar-refractivity contribution >= 4 is 5.84 Å². The van der Waals surface area contributed by atoms with Gasteiger partial charge in [0.2, 0.25) is 0 Å². The maximum atomic E-state index is 9.67. The van der Waals surface area contributed by atoms with Crippen LogP contribution in [-0.2, 0) is 0 Å². The maximum absolute atomic E-state index is 9.67. The molecule has 146 valence electrons. The Kier molecular flexibility index (Phi) is 13.7. The molecule has 0 spiro atoms. The van der Waals surface area contributed by atoms with Crippen LogP contribution in [0.5, 0.6) is 0 Å². The third kappa shape index (κ3) is 11.4. The second-order valence-corrected chi connectivity index (χ2v) is 7.48. The fraction of sp³-hybridized carbons (Fsp3) is 0.864. The van der Waals surface area contributed by atoms with Crippen LogP contribution in [0, 0.1) is 0 Å². The molecule has 0 amide bonds. The molecule has 0 bridgehead atoms. The van der Waals surface area contributed by atoms with E-state index < -0.39 is 6.23 Å². The molecule has 1 heterocycles. The predicted octanol–water partition coefficient (Wildman–Crippen LogP) is 6.08. The van der Waals surface area contributed by atoms with Gasteiger partial charge in [-0.1, -0.05) is 89.7 Å². The molecule has 1 rings (SSSR count). The standard InChI is InChI=1S/C22H42N2O/c1-3-4-5-6-7-8-9-10-11-12-13-14-15-16-17-18-22-23-19-20-24(22)21(2)25/h16-17,21,25H,3-15,18-20H2,1-2H3/b17-16+. The molecule has 0 fully saturated rings. The van der Waals surface area contributed by atoms with Crippen LogP contribution in [-0.4, -0.2) is 35.2 Å². The van der Waals surface area contributed by atoms with E-state index in [1.807, 2.05) is 11.8 Å². The van der Waals surface area contributed by atoms with E-state index in [0.717, 1.165) is 25.3 Å². The van der Waals surface area contributed by atoms with Gasteiger partial charge in [0.15, 0.2) is 0 Å². The van der Waals surface area contributed by atoms with Crippen molar-refractivity contribution in [2.75, 3.05) is 13.1 Å². The van der Waals surface area contributed by atoms with E-state index in [2.05, 4.69) is 24.1 Å². The van der Waals surface area contributed by atoms with Gasteiger partial charge >= 0.3 is 0 Å². The summed E-state index contributed by atoms with van der Waals surface area (Å²) in [6.07, 6.45) is 23.0. The molecule has 1 atom stereocenters. The summed E-state index contributed by atoms with van der Waals surface area (Å²) in [5, 5.41) is 9.67. The summed E-state index contributed by atoms with van der Waals surface area (Å²) in [7, 11) is 0. The number of aliphatic hydroxyl groups is 1. The van der Waals surface area contributed by atoms with Crippen molar-refractivity contribution in [3.8, 4) is 0 Å². The number of rotatable bonds is 16. The molecular formula is C22H42N2O. The molecule has 0 aromatic heterocycles. The lowest BCUT2D eigenvalue weighted by atomic mass is 10.0. The average molecular weight is 351 g/mol. The number of aliphatic hydroxyl groups excluding tert-OH is 1. The lowest BCUT2D eigenvalue weighted by Gasteiger charge is -2.22. The molecule has 0 radical (unpaired) electrons. The number of amidine groups is 1. The van der Waals surface area contributed by atoms with Crippen molar-refractivity contribution in [3.05, 3.63) is 12.2 Å². The first-order chi connectivity index (χ1) is 12.3. The van der Waals surface area contributed by atoms with Gasteiger partial charge < -0.3 is 10.0 Å². The van der Waals surface area contributed by atoms with Crippen LogP contribution in [0.3, 0.4) is 0 Å². The summed E-state index contributed by atoms with van der Waals surface area (Å²) in [6.45, 7) is 5.79. The third-order valence-corrected chi connectivity index (χ3v) is 5.11. The number of unbranched alkanes of at least 4 members (excludes halogenated alkanes) is 12. The van der Waals surface area contributed by atoms with Crippen molar-refractivity contribution in [2.45, 2.75) is 110 Å². The number of aliphatic imine (C=N–C) groups is 1. The van der Waals surface area contributed by atoms with Gasteiger partial charge in [-0.05, 0) is 19.8 Å². The Hall–Kier alpha value is -0.830. The van der Waals surface area contributed by atoms with E-state index in [9.17, 15) is 5.11 Å². The van der Waals surface area contributed by atoms with Crippen LogP contribution >= 0.6 is 0 Å². The van der Waals surface area contributed by atoms with E-state index in [1.165, 1.54) is 83.5 Å². The Morgan fingerprint density at radius 3 is 2.04 bits per heavy atom. The molecule has 0 aromatic carbocycles. The largest absolute Gasteiger partial charge is 0.374 e.